The van der Waals surface area contributed by atoms with Gasteiger partial charge in [0, 0.05) is 36.6 Å². The molecule has 1 aromatic heterocycles. The van der Waals surface area contributed by atoms with E-state index in [0.717, 1.165) is 37.7 Å². The molecule has 0 unspecified atom stereocenters. The molecule has 1 fully saturated rings. The zero-order chi connectivity index (χ0) is 15.4. The van der Waals surface area contributed by atoms with Crippen LogP contribution in [0.2, 0.25) is 0 Å². The van der Waals surface area contributed by atoms with E-state index in [9.17, 15) is 0 Å². The van der Waals surface area contributed by atoms with Gasteiger partial charge in [-0.2, -0.15) is 0 Å². The van der Waals surface area contributed by atoms with Crippen molar-refractivity contribution in [2.45, 2.75) is 6.04 Å². The molecule has 1 N–H and O–H groups in total. The summed E-state index contributed by atoms with van der Waals surface area (Å²) in [5.74, 6) is 1.62. The first kappa shape index (κ1) is 15.3. The Kier molecular flexibility index (Phi) is 4.97. The highest BCUT2D eigenvalue weighted by molar-refractivity contribution is 7.10. The number of benzene rings is 1. The molecule has 0 amide bonds. The summed E-state index contributed by atoms with van der Waals surface area (Å²) in [6.07, 6.45) is 0. The van der Waals surface area contributed by atoms with Crippen LogP contribution in [0.1, 0.15) is 16.5 Å². The molecule has 0 spiro atoms. The van der Waals surface area contributed by atoms with Crippen molar-refractivity contribution < 1.29 is 9.47 Å². The lowest BCUT2D eigenvalue weighted by molar-refractivity contribution is 0.197. The van der Waals surface area contributed by atoms with Crippen molar-refractivity contribution in [3.05, 3.63) is 46.2 Å². The highest BCUT2D eigenvalue weighted by atomic mass is 32.1. The Bertz CT molecular complexity index is 595. The van der Waals surface area contributed by atoms with Gasteiger partial charge in [-0.15, -0.1) is 11.3 Å². The van der Waals surface area contributed by atoms with Gasteiger partial charge in [-0.05, 0) is 17.5 Å². The van der Waals surface area contributed by atoms with Gasteiger partial charge in [0.15, 0.2) is 11.5 Å². The standard InChI is InChI=1S/C17H22N2O2S/c1-20-14-6-3-5-13(17(14)21-2)16(15-7-4-12-22-15)19-10-8-18-9-11-19/h3-7,12,16,18H,8-11H2,1-2H3/t16-/m0/s1. The van der Waals surface area contributed by atoms with Crippen LogP contribution in [0, 0.1) is 0 Å². The van der Waals surface area contributed by atoms with Crippen LogP contribution in [0.3, 0.4) is 0 Å². The number of ether oxygens (including phenoxy) is 2. The summed E-state index contributed by atoms with van der Waals surface area (Å²) >= 11 is 1.79. The van der Waals surface area contributed by atoms with Crippen molar-refractivity contribution in [3.8, 4) is 11.5 Å². The number of methoxy groups -OCH3 is 2. The Hall–Kier alpha value is -1.56. The van der Waals surface area contributed by atoms with E-state index >= 15 is 0 Å². The fourth-order valence-electron chi connectivity index (χ4n) is 3.04. The predicted octanol–water partition coefficient (Wildman–Crippen LogP) is 2.76. The molecule has 1 aliphatic rings. The summed E-state index contributed by atoms with van der Waals surface area (Å²) in [4.78, 5) is 3.85. The van der Waals surface area contributed by atoms with E-state index < -0.39 is 0 Å². The number of para-hydroxylation sites is 1. The van der Waals surface area contributed by atoms with Crippen molar-refractivity contribution in [1.29, 1.82) is 0 Å². The lowest BCUT2D eigenvalue weighted by Gasteiger charge is -2.35. The second-order valence-electron chi connectivity index (χ2n) is 5.29. The molecule has 5 heteroatoms. The minimum Gasteiger partial charge on any atom is -0.493 e. The molecule has 1 aliphatic heterocycles. The Balaban J connectivity index is 2.06. The zero-order valence-electron chi connectivity index (χ0n) is 13.0. The second-order valence-corrected chi connectivity index (χ2v) is 6.27. The molecule has 3 rings (SSSR count). The molecule has 0 aliphatic carbocycles. The van der Waals surface area contributed by atoms with Gasteiger partial charge in [-0.25, -0.2) is 0 Å². The number of piperazine rings is 1. The average molecular weight is 318 g/mol. The van der Waals surface area contributed by atoms with Crippen LogP contribution in [-0.2, 0) is 0 Å². The molecule has 1 atom stereocenters. The lowest BCUT2D eigenvalue weighted by Crippen LogP contribution is -2.45. The van der Waals surface area contributed by atoms with E-state index in [1.54, 1.807) is 25.6 Å². The lowest BCUT2D eigenvalue weighted by atomic mass is 10.0. The van der Waals surface area contributed by atoms with E-state index in [1.165, 1.54) is 10.4 Å². The van der Waals surface area contributed by atoms with Crippen molar-refractivity contribution in [3.63, 3.8) is 0 Å². The minimum absolute atomic E-state index is 0.215. The van der Waals surface area contributed by atoms with Gasteiger partial charge in [-0.1, -0.05) is 18.2 Å². The molecule has 1 saturated heterocycles. The third kappa shape index (κ3) is 2.97. The van der Waals surface area contributed by atoms with Crippen LogP contribution in [0.5, 0.6) is 11.5 Å². The van der Waals surface area contributed by atoms with Crippen LogP contribution < -0.4 is 14.8 Å². The third-order valence-corrected chi connectivity index (χ3v) is 4.98. The number of nitrogens with one attached hydrogen (secondary N) is 1. The summed E-state index contributed by atoms with van der Waals surface area (Å²) in [7, 11) is 3.40. The first-order valence-electron chi connectivity index (χ1n) is 7.54. The third-order valence-electron chi connectivity index (χ3n) is 4.06. The highest BCUT2D eigenvalue weighted by Crippen LogP contribution is 2.41. The van der Waals surface area contributed by atoms with Gasteiger partial charge >= 0.3 is 0 Å². The smallest absolute Gasteiger partial charge is 0.165 e. The summed E-state index contributed by atoms with van der Waals surface area (Å²) in [6.45, 7) is 4.11. The van der Waals surface area contributed by atoms with E-state index in [1.807, 2.05) is 12.1 Å². The van der Waals surface area contributed by atoms with Gasteiger partial charge in [0.2, 0.25) is 0 Å². The van der Waals surface area contributed by atoms with Crippen LogP contribution in [-0.4, -0.2) is 45.3 Å². The van der Waals surface area contributed by atoms with Crippen LogP contribution in [0.15, 0.2) is 35.7 Å². The SMILES string of the molecule is COc1cccc([C@@H](c2cccs2)N2CCNCC2)c1OC. The molecule has 118 valence electrons. The highest BCUT2D eigenvalue weighted by Gasteiger charge is 2.28. The molecule has 2 heterocycles. The summed E-state index contributed by atoms with van der Waals surface area (Å²) in [5, 5.41) is 5.56. The van der Waals surface area contributed by atoms with E-state index in [2.05, 4.69) is 33.8 Å². The molecular formula is C17H22N2O2S. The van der Waals surface area contributed by atoms with Crippen LogP contribution in [0.4, 0.5) is 0 Å². The van der Waals surface area contributed by atoms with E-state index in [0.29, 0.717) is 0 Å². The summed E-state index contributed by atoms with van der Waals surface area (Å²) < 4.78 is 11.2. The van der Waals surface area contributed by atoms with E-state index in [-0.39, 0.29) is 6.04 Å². The number of thiophene rings is 1. The van der Waals surface area contributed by atoms with Crippen molar-refractivity contribution in [1.82, 2.24) is 10.2 Å². The number of hydrogen-bond acceptors (Lipinski definition) is 5. The summed E-state index contributed by atoms with van der Waals surface area (Å²) in [6, 6.07) is 10.7. The first-order valence-corrected chi connectivity index (χ1v) is 8.42. The first-order chi connectivity index (χ1) is 10.8. The molecule has 0 radical (unpaired) electrons. The zero-order valence-corrected chi connectivity index (χ0v) is 13.9. The molecule has 0 bridgehead atoms. The van der Waals surface area contributed by atoms with Gasteiger partial charge in [0.25, 0.3) is 0 Å². The van der Waals surface area contributed by atoms with Gasteiger partial charge in [0.05, 0.1) is 20.3 Å². The molecule has 1 aromatic carbocycles. The maximum atomic E-state index is 5.67. The topological polar surface area (TPSA) is 33.7 Å². The van der Waals surface area contributed by atoms with Crippen molar-refractivity contribution in [2.24, 2.45) is 0 Å². The van der Waals surface area contributed by atoms with Crippen LogP contribution in [0.25, 0.3) is 0 Å². The van der Waals surface area contributed by atoms with Gasteiger partial charge in [-0.3, -0.25) is 4.90 Å². The molecule has 4 nitrogen and oxygen atoms in total. The largest absolute Gasteiger partial charge is 0.493 e. The van der Waals surface area contributed by atoms with Gasteiger partial charge < -0.3 is 14.8 Å². The predicted molar refractivity (Wildman–Crippen MR) is 90.2 cm³/mol. The normalized spacial score (nSPS) is 17.2. The fourth-order valence-corrected chi connectivity index (χ4v) is 3.92. The molecule has 22 heavy (non-hydrogen) atoms. The fraction of sp³-hybridized carbons (Fsp3) is 0.412. The van der Waals surface area contributed by atoms with Crippen molar-refractivity contribution in [2.75, 3.05) is 40.4 Å². The monoisotopic (exact) mass is 318 g/mol. The van der Waals surface area contributed by atoms with E-state index in [4.69, 9.17) is 9.47 Å². The Morgan fingerprint density at radius 1 is 1.09 bits per heavy atom. The maximum absolute atomic E-state index is 5.67. The maximum Gasteiger partial charge on any atom is 0.165 e. The molecule has 2 aromatic rings. The van der Waals surface area contributed by atoms with Crippen LogP contribution >= 0.6 is 11.3 Å². The second kappa shape index (κ2) is 7.13. The molecular weight excluding hydrogens is 296 g/mol. The number of hydrogen-bond donors (Lipinski definition) is 1. The Morgan fingerprint density at radius 3 is 2.55 bits per heavy atom. The average Bonchev–Trinajstić information content (AvgIpc) is 3.10. The quantitative estimate of drug-likeness (QED) is 0.919. The number of nitrogens with zero attached hydrogens (tertiary/aromatic N) is 1. The van der Waals surface area contributed by atoms with Gasteiger partial charge in [0.1, 0.15) is 0 Å². The molecule has 0 saturated carbocycles. The van der Waals surface area contributed by atoms with Crippen molar-refractivity contribution >= 4 is 11.3 Å². The number of rotatable bonds is 5. The Labute approximate surface area is 135 Å². The summed E-state index contributed by atoms with van der Waals surface area (Å²) in [5.41, 5.74) is 1.17. The minimum atomic E-state index is 0.215. The Morgan fingerprint density at radius 2 is 1.91 bits per heavy atom.